The molecule has 0 aliphatic carbocycles. The number of benzene rings is 1. The van der Waals surface area contributed by atoms with Gasteiger partial charge in [0.1, 0.15) is 17.5 Å². The van der Waals surface area contributed by atoms with Crippen LogP contribution >= 0.6 is 0 Å². The van der Waals surface area contributed by atoms with E-state index in [2.05, 4.69) is 21.3 Å². The lowest BCUT2D eigenvalue weighted by Gasteiger charge is -2.37. The molecule has 2 rings (SSSR count). The number of phenolic OH excluding ortho intramolecular Hbond substituents is 1. The third kappa shape index (κ3) is 12.8. The van der Waals surface area contributed by atoms with Crippen LogP contribution in [0.5, 0.6) is 11.5 Å². The molecule has 0 spiro atoms. The van der Waals surface area contributed by atoms with Gasteiger partial charge in [0.25, 0.3) is 5.91 Å². The lowest BCUT2D eigenvalue weighted by Crippen LogP contribution is -2.56. The molecular formula is C35H61N5O5. The topological polar surface area (TPSA) is 155 Å². The number of nitrogens with one attached hydrogen (secondary N) is 4. The summed E-state index contributed by atoms with van der Waals surface area (Å²) in [5, 5.41) is 22.6. The van der Waals surface area contributed by atoms with Crippen molar-refractivity contribution in [1.29, 1.82) is 0 Å². The SMILES string of the molecule is Cc1c(C)c2c(c(C)c1O)CCC(C)(C(=O)NC(C)C(=O)NCCCCCCCCCCC(=O)NCCCNCCCCN)O2. The number of amides is 3. The number of nitrogens with two attached hydrogens (primary N) is 1. The molecule has 1 aliphatic heterocycles. The molecule has 2 atom stereocenters. The van der Waals surface area contributed by atoms with Gasteiger partial charge in [-0.15, -0.1) is 0 Å². The summed E-state index contributed by atoms with van der Waals surface area (Å²) in [5.41, 5.74) is 7.72. The maximum atomic E-state index is 13.2. The van der Waals surface area contributed by atoms with Crippen LogP contribution in [0.25, 0.3) is 0 Å². The molecule has 45 heavy (non-hydrogen) atoms. The molecule has 0 saturated carbocycles. The van der Waals surface area contributed by atoms with E-state index in [1.807, 2.05) is 20.8 Å². The first-order valence-corrected chi connectivity index (χ1v) is 17.3. The Hall–Kier alpha value is -2.85. The Morgan fingerprint density at radius 3 is 2.11 bits per heavy atom. The Bertz CT molecular complexity index is 1090. The van der Waals surface area contributed by atoms with Crippen molar-refractivity contribution in [2.75, 3.05) is 32.7 Å². The number of fused-ring (bicyclic) bond motifs is 1. The van der Waals surface area contributed by atoms with E-state index in [4.69, 9.17) is 10.5 Å². The number of unbranched alkanes of at least 4 members (excludes halogenated alkanes) is 8. The minimum absolute atomic E-state index is 0.151. The van der Waals surface area contributed by atoms with Crippen LogP contribution in [0.2, 0.25) is 0 Å². The number of hydrogen-bond acceptors (Lipinski definition) is 7. The first kappa shape index (κ1) is 38.3. The molecule has 0 aromatic heterocycles. The number of aromatic hydroxyl groups is 1. The van der Waals surface area contributed by atoms with Gasteiger partial charge in [-0.2, -0.15) is 0 Å². The van der Waals surface area contributed by atoms with E-state index in [0.29, 0.717) is 31.6 Å². The third-order valence-electron chi connectivity index (χ3n) is 9.03. The summed E-state index contributed by atoms with van der Waals surface area (Å²) in [6.45, 7) is 13.0. The van der Waals surface area contributed by atoms with Crippen molar-refractivity contribution in [2.24, 2.45) is 5.73 Å². The average Bonchev–Trinajstić information content (AvgIpc) is 3.02. The Morgan fingerprint density at radius 1 is 0.822 bits per heavy atom. The zero-order chi connectivity index (χ0) is 33.2. The third-order valence-corrected chi connectivity index (χ3v) is 9.03. The van der Waals surface area contributed by atoms with Gasteiger partial charge in [0.05, 0.1) is 0 Å². The van der Waals surface area contributed by atoms with E-state index >= 15 is 0 Å². The molecule has 1 aliphatic rings. The number of ether oxygens (including phenoxy) is 1. The summed E-state index contributed by atoms with van der Waals surface area (Å²) in [5.74, 6) is 0.591. The van der Waals surface area contributed by atoms with Crippen molar-refractivity contribution < 1.29 is 24.2 Å². The van der Waals surface area contributed by atoms with Crippen molar-refractivity contribution >= 4 is 17.7 Å². The van der Waals surface area contributed by atoms with Crippen LogP contribution in [-0.4, -0.2) is 67.2 Å². The summed E-state index contributed by atoms with van der Waals surface area (Å²) in [6.07, 6.45) is 13.3. The van der Waals surface area contributed by atoms with Crippen LogP contribution in [0.15, 0.2) is 0 Å². The quantitative estimate of drug-likeness (QED) is 0.104. The predicted molar refractivity (Wildman–Crippen MR) is 181 cm³/mol. The van der Waals surface area contributed by atoms with Crippen molar-refractivity contribution in [3.05, 3.63) is 22.3 Å². The van der Waals surface area contributed by atoms with Gasteiger partial charge in [-0.05, 0) is 109 Å². The first-order valence-electron chi connectivity index (χ1n) is 17.3. The fraction of sp³-hybridized carbons (Fsp3) is 0.743. The molecule has 10 nitrogen and oxygen atoms in total. The van der Waals surface area contributed by atoms with Crippen molar-refractivity contribution in [2.45, 2.75) is 136 Å². The molecule has 10 heteroatoms. The van der Waals surface area contributed by atoms with Crippen molar-refractivity contribution in [1.82, 2.24) is 21.3 Å². The standard InChI is InChI=1S/C35H61N5O5/c1-25-26(2)32-29(27(3)31(25)42)18-19-35(5,45-32)34(44)40-28(4)33(43)39-23-14-11-9-7-6-8-10-12-17-30(41)38-24-16-22-37-21-15-13-20-36/h28,37,42H,6-24,36H2,1-5H3,(H,38,41)(H,39,43)(H,40,44). The molecule has 0 fully saturated rings. The highest BCUT2D eigenvalue weighted by Gasteiger charge is 2.41. The minimum atomic E-state index is -1.09. The van der Waals surface area contributed by atoms with Crippen LogP contribution in [0, 0.1) is 20.8 Å². The lowest BCUT2D eigenvalue weighted by atomic mass is 9.86. The molecule has 1 aromatic carbocycles. The number of hydrogen-bond donors (Lipinski definition) is 6. The number of carbonyl (C=O) groups is 3. The Balaban J connectivity index is 1.50. The van der Waals surface area contributed by atoms with Crippen LogP contribution < -0.4 is 31.7 Å². The second-order valence-electron chi connectivity index (χ2n) is 12.9. The van der Waals surface area contributed by atoms with Crippen LogP contribution in [-0.2, 0) is 20.8 Å². The monoisotopic (exact) mass is 631 g/mol. The van der Waals surface area contributed by atoms with Crippen LogP contribution in [0.1, 0.15) is 120 Å². The van der Waals surface area contributed by atoms with Gasteiger partial charge in [0, 0.05) is 31.5 Å². The van der Waals surface area contributed by atoms with Gasteiger partial charge in [-0.25, -0.2) is 0 Å². The molecule has 2 unspecified atom stereocenters. The number of phenols is 1. The summed E-state index contributed by atoms with van der Waals surface area (Å²) >= 11 is 0. The molecular weight excluding hydrogens is 570 g/mol. The fourth-order valence-electron chi connectivity index (χ4n) is 5.71. The van der Waals surface area contributed by atoms with Gasteiger partial charge in [0.15, 0.2) is 5.60 Å². The number of rotatable bonds is 22. The van der Waals surface area contributed by atoms with Gasteiger partial charge in [-0.1, -0.05) is 38.5 Å². The molecule has 7 N–H and O–H groups in total. The molecule has 256 valence electrons. The zero-order valence-electron chi connectivity index (χ0n) is 28.7. The summed E-state index contributed by atoms with van der Waals surface area (Å²) in [7, 11) is 0. The second-order valence-corrected chi connectivity index (χ2v) is 12.9. The largest absolute Gasteiger partial charge is 0.507 e. The van der Waals surface area contributed by atoms with Gasteiger partial charge >= 0.3 is 0 Å². The minimum Gasteiger partial charge on any atom is -0.507 e. The van der Waals surface area contributed by atoms with E-state index in [0.717, 1.165) is 119 Å². The maximum Gasteiger partial charge on any atom is 0.264 e. The molecule has 0 bridgehead atoms. The van der Waals surface area contributed by atoms with E-state index < -0.39 is 11.6 Å². The zero-order valence-corrected chi connectivity index (χ0v) is 28.7. The van der Waals surface area contributed by atoms with E-state index in [1.54, 1.807) is 13.8 Å². The fourth-order valence-corrected chi connectivity index (χ4v) is 5.71. The van der Waals surface area contributed by atoms with Crippen LogP contribution in [0.3, 0.4) is 0 Å². The molecule has 3 amide bonds. The summed E-state index contributed by atoms with van der Waals surface area (Å²) in [4.78, 5) is 37.8. The Labute approximate surface area is 271 Å². The van der Waals surface area contributed by atoms with Crippen LogP contribution in [0.4, 0.5) is 0 Å². The van der Waals surface area contributed by atoms with Crippen molar-refractivity contribution in [3.63, 3.8) is 0 Å². The predicted octanol–water partition coefficient (Wildman–Crippen LogP) is 4.37. The van der Waals surface area contributed by atoms with Crippen molar-refractivity contribution in [3.8, 4) is 11.5 Å². The second kappa shape index (κ2) is 20.3. The molecule has 1 heterocycles. The Kier molecular flexibility index (Phi) is 17.3. The van der Waals surface area contributed by atoms with Gasteiger partial charge in [-0.3, -0.25) is 14.4 Å². The smallest absolute Gasteiger partial charge is 0.264 e. The average molecular weight is 632 g/mol. The summed E-state index contributed by atoms with van der Waals surface area (Å²) in [6, 6.07) is -0.667. The van der Waals surface area contributed by atoms with E-state index in [9.17, 15) is 19.5 Å². The lowest BCUT2D eigenvalue weighted by molar-refractivity contribution is -0.139. The molecule has 0 radical (unpaired) electrons. The molecule has 1 aromatic rings. The highest BCUT2D eigenvalue weighted by molar-refractivity contribution is 5.91. The maximum absolute atomic E-state index is 13.2. The Morgan fingerprint density at radius 2 is 1.42 bits per heavy atom. The summed E-state index contributed by atoms with van der Waals surface area (Å²) < 4.78 is 6.24. The number of carbonyl (C=O) groups excluding carboxylic acids is 3. The first-order chi connectivity index (χ1) is 21.5. The normalized spacial score (nSPS) is 16.4. The highest BCUT2D eigenvalue weighted by Crippen LogP contribution is 2.43. The van der Waals surface area contributed by atoms with E-state index in [1.165, 1.54) is 0 Å². The molecule has 0 saturated heterocycles. The van der Waals surface area contributed by atoms with Gasteiger partial charge < -0.3 is 36.8 Å². The van der Waals surface area contributed by atoms with E-state index in [-0.39, 0.29) is 23.5 Å². The highest BCUT2D eigenvalue weighted by atomic mass is 16.5. The van der Waals surface area contributed by atoms with Gasteiger partial charge in [0.2, 0.25) is 11.8 Å².